The second-order valence-electron chi connectivity index (χ2n) is 5.73. The molecule has 1 aliphatic carbocycles. The van der Waals surface area contributed by atoms with Crippen molar-refractivity contribution in [3.8, 4) is 22.8 Å². The number of hydrogen-bond acceptors (Lipinski definition) is 6. The maximum atomic E-state index is 13.3. The van der Waals surface area contributed by atoms with Gasteiger partial charge in [-0.2, -0.15) is 0 Å². The van der Waals surface area contributed by atoms with Crippen LogP contribution in [0.15, 0.2) is 47.1 Å². The van der Waals surface area contributed by atoms with E-state index in [1.54, 1.807) is 12.1 Å². The molecule has 0 radical (unpaired) electrons. The van der Waals surface area contributed by atoms with E-state index in [0.29, 0.717) is 5.89 Å². The Morgan fingerprint density at radius 2 is 1.73 bits per heavy atom. The molecule has 1 aliphatic rings. The standard InChI is InChI=1S/C17H14FN2O.ClHO4/c1-20-8-6-11(7-9-20)17-19-15-5-2-12-10-13(18)3-4-14(12)16(15)21-17;2-1(3,4)5/h3-4,6-10H,2,5H2,1H3;(H,2,3,4,5)/q+1;/p-1. The van der Waals surface area contributed by atoms with Crippen molar-refractivity contribution in [2.24, 2.45) is 7.05 Å². The van der Waals surface area contributed by atoms with E-state index >= 15 is 0 Å². The average Bonchev–Trinajstić information content (AvgIpc) is 2.98. The lowest BCUT2D eigenvalue weighted by atomic mass is 9.93. The van der Waals surface area contributed by atoms with E-state index in [1.807, 2.05) is 36.1 Å². The molecule has 7 nitrogen and oxygen atoms in total. The molecule has 0 amide bonds. The van der Waals surface area contributed by atoms with Gasteiger partial charge in [0.2, 0.25) is 5.89 Å². The minimum absolute atomic E-state index is 0.201. The lowest BCUT2D eigenvalue weighted by Crippen LogP contribution is -2.68. The Morgan fingerprint density at radius 1 is 1.08 bits per heavy atom. The first kappa shape index (κ1) is 18.4. The van der Waals surface area contributed by atoms with Gasteiger partial charge in [0.1, 0.15) is 12.9 Å². The molecule has 2 heterocycles. The van der Waals surface area contributed by atoms with Crippen LogP contribution in [0, 0.1) is 16.1 Å². The van der Waals surface area contributed by atoms with E-state index in [4.69, 9.17) is 23.1 Å². The lowest BCUT2D eigenvalue weighted by Gasteiger charge is -2.17. The molecular weight excluding hydrogens is 367 g/mol. The van der Waals surface area contributed by atoms with Crippen LogP contribution in [0.2, 0.25) is 0 Å². The van der Waals surface area contributed by atoms with E-state index in [2.05, 4.69) is 4.98 Å². The van der Waals surface area contributed by atoms with Gasteiger partial charge in [0.25, 0.3) is 0 Å². The molecule has 0 aliphatic heterocycles. The Kier molecular flexibility index (Phi) is 5.03. The van der Waals surface area contributed by atoms with Gasteiger partial charge < -0.3 is 4.42 Å². The molecule has 0 spiro atoms. The van der Waals surface area contributed by atoms with E-state index in [0.717, 1.165) is 41.0 Å². The van der Waals surface area contributed by atoms with Gasteiger partial charge in [-0.25, -0.2) is 32.6 Å². The van der Waals surface area contributed by atoms with Gasteiger partial charge in [-0.3, -0.25) is 0 Å². The summed E-state index contributed by atoms with van der Waals surface area (Å²) in [5.41, 5.74) is 3.85. The van der Waals surface area contributed by atoms with Crippen molar-refractivity contribution in [2.45, 2.75) is 12.8 Å². The van der Waals surface area contributed by atoms with Gasteiger partial charge in [0.05, 0.1) is 5.69 Å². The normalized spacial score (nSPS) is 12.7. The number of nitrogens with zero attached hydrogens (tertiary/aromatic N) is 2. The summed E-state index contributed by atoms with van der Waals surface area (Å²) in [6.45, 7) is 0. The number of aromatic nitrogens is 2. The third-order valence-electron chi connectivity index (χ3n) is 3.87. The number of pyridine rings is 1. The van der Waals surface area contributed by atoms with Crippen molar-refractivity contribution in [2.75, 3.05) is 0 Å². The van der Waals surface area contributed by atoms with E-state index < -0.39 is 10.2 Å². The van der Waals surface area contributed by atoms with Gasteiger partial charge in [-0.1, -0.05) is 0 Å². The van der Waals surface area contributed by atoms with Gasteiger partial charge in [-0.15, -0.1) is 10.2 Å². The topological polar surface area (TPSA) is 122 Å². The fraction of sp³-hybridized carbons (Fsp3) is 0.176. The van der Waals surface area contributed by atoms with Crippen molar-refractivity contribution >= 4 is 0 Å². The molecule has 26 heavy (non-hydrogen) atoms. The maximum absolute atomic E-state index is 13.3. The summed E-state index contributed by atoms with van der Waals surface area (Å²) in [4.78, 5) is 4.60. The molecule has 0 bridgehead atoms. The first-order valence-electron chi connectivity index (χ1n) is 7.56. The molecule has 0 fully saturated rings. The Balaban J connectivity index is 0.000000349. The quantitative estimate of drug-likeness (QED) is 0.464. The number of halogens is 2. The minimum Gasteiger partial charge on any atom is -0.436 e. The van der Waals surface area contributed by atoms with Crippen LogP contribution in [0.5, 0.6) is 0 Å². The van der Waals surface area contributed by atoms with Gasteiger partial charge in [0, 0.05) is 23.3 Å². The average molecular weight is 381 g/mol. The van der Waals surface area contributed by atoms with Crippen molar-refractivity contribution in [3.05, 3.63) is 59.8 Å². The fourth-order valence-corrected chi connectivity index (χ4v) is 2.74. The molecule has 9 heteroatoms. The number of oxazole rings is 1. The van der Waals surface area contributed by atoms with Crippen LogP contribution in [0.4, 0.5) is 4.39 Å². The second-order valence-corrected chi connectivity index (χ2v) is 6.48. The molecule has 4 rings (SSSR count). The van der Waals surface area contributed by atoms with Crippen molar-refractivity contribution in [1.29, 1.82) is 0 Å². The molecule has 0 atom stereocenters. The van der Waals surface area contributed by atoms with Gasteiger partial charge in [0.15, 0.2) is 18.2 Å². The monoisotopic (exact) mass is 380 g/mol. The van der Waals surface area contributed by atoms with E-state index in [1.165, 1.54) is 6.07 Å². The summed E-state index contributed by atoms with van der Waals surface area (Å²) in [6, 6.07) is 8.79. The number of hydrogen-bond donors (Lipinski definition) is 0. The minimum atomic E-state index is -4.94. The number of fused-ring (bicyclic) bond motifs is 3. The fourth-order valence-electron chi connectivity index (χ4n) is 2.74. The summed E-state index contributed by atoms with van der Waals surface area (Å²) in [5, 5.41) is 0. The van der Waals surface area contributed by atoms with Crippen LogP contribution in [0.25, 0.3) is 22.8 Å². The van der Waals surface area contributed by atoms with E-state index in [9.17, 15) is 4.39 Å². The highest BCUT2D eigenvalue weighted by atomic mass is 35.7. The predicted molar refractivity (Wildman–Crippen MR) is 75.9 cm³/mol. The third-order valence-corrected chi connectivity index (χ3v) is 3.87. The zero-order valence-corrected chi connectivity index (χ0v) is 14.4. The first-order chi connectivity index (χ1) is 12.2. The van der Waals surface area contributed by atoms with Crippen LogP contribution in [-0.2, 0) is 19.9 Å². The number of benzene rings is 1. The highest BCUT2D eigenvalue weighted by Gasteiger charge is 2.23. The Morgan fingerprint density at radius 3 is 2.38 bits per heavy atom. The number of rotatable bonds is 1. The first-order valence-corrected chi connectivity index (χ1v) is 8.80. The molecule has 0 N–H and O–H groups in total. The number of aryl methyl sites for hydroxylation is 3. The lowest BCUT2D eigenvalue weighted by molar-refractivity contribution is -2.00. The summed E-state index contributed by atoms with van der Waals surface area (Å²) < 4.78 is 55.2. The molecule has 136 valence electrons. The maximum Gasteiger partial charge on any atom is 0.227 e. The van der Waals surface area contributed by atoms with Crippen LogP contribution >= 0.6 is 0 Å². The van der Waals surface area contributed by atoms with Crippen molar-refractivity contribution in [1.82, 2.24) is 4.98 Å². The molecule has 0 unspecified atom stereocenters. The summed E-state index contributed by atoms with van der Waals surface area (Å²) in [6.07, 6.45) is 5.51. The Labute approximate surface area is 150 Å². The van der Waals surface area contributed by atoms with Crippen LogP contribution < -0.4 is 23.2 Å². The molecule has 0 saturated heterocycles. The Bertz CT molecular complexity index is 916. The smallest absolute Gasteiger partial charge is 0.227 e. The largest absolute Gasteiger partial charge is 0.436 e. The molecule has 3 aromatic rings. The summed E-state index contributed by atoms with van der Waals surface area (Å²) in [5.74, 6) is 1.20. The highest BCUT2D eigenvalue weighted by molar-refractivity contribution is 5.69. The zero-order valence-electron chi connectivity index (χ0n) is 13.6. The van der Waals surface area contributed by atoms with Crippen LogP contribution in [-0.4, -0.2) is 4.98 Å². The predicted octanol–water partition coefficient (Wildman–Crippen LogP) is -1.69. The summed E-state index contributed by atoms with van der Waals surface area (Å²) in [7, 11) is -2.98. The third kappa shape index (κ3) is 4.43. The van der Waals surface area contributed by atoms with Crippen molar-refractivity contribution < 1.29 is 42.3 Å². The molecule has 1 aromatic carbocycles. The Hall–Kier alpha value is -2.36. The van der Waals surface area contributed by atoms with Crippen LogP contribution in [0.1, 0.15) is 11.3 Å². The van der Waals surface area contributed by atoms with Crippen LogP contribution in [0.3, 0.4) is 0 Å². The molecular formula is C17H14ClFN2O5. The summed E-state index contributed by atoms with van der Waals surface area (Å²) >= 11 is 0. The second kappa shape index (κ2) is 7.10. The van der Waals surface area contributed by atoms with Gasteiger partial charge in [-0.05, 0) is 36.6 Å². The van der Waals surface area contributed by atoms with E-state index in [-0.39, 0.29) is 5.82 Å². The molecule has 0 saturated carbocycles. The highest BCUT2D eigenvalue weighted by Crippen LogP contribution is 2.36. The molecule has 2 aromatic heterocycles. The van der Waals surface area contributed by atoms with Crippen molar-refractivity contribution in [3.63, 3.8) is 0 Å². The zero-order chi connectivity index (χ0) is 18.9. The van der Waals surface area contributed by atoms with Gasteiger partial charge >= 0.3 is 0 Å². The SMILES string of the molecule is C[n+]1ccc(-c2nc3c(o2)-c2ccc(F)cc2CC3)cc1.[O-][Cl+3]([O-])([O-])[O-].